The van der Waals surface area contributed by atoms with Gasteiger partial charge in [0.15, 0.2) is 0 Å². The van der Waals surface area contributed by atoms with Crippen LogP contribution in [0.4, 0.5) is 0 Å². The molecule has 3 nitrogen and oxygen atoms in total. The van der Waals surface area contributed by atoms with Crippen molar-refractivity contribution in [3.63, 3.8) is 0 Å². The summed E-state index contributed by atoms with van der Waals surface area (Å²) in [5, 5.41) is 12.7. The quantitative estimate of drug-likeness (QED) is 0.900. The second-order valence-electron chi connectivity index (χ2n) is 5.84. The zero-order valence-corrected chi connectivity index (χ0v) is 11.8. The smallest absolute Gasteiger partial charge is 0.0982 e. The molecule has 2 rings (SSSR count). The van der Waals surface area contributed by atoms with Crippen LogP contribution in [-0.4, -0.2) is 34.2 Å². The average molecular weight is 254 g/mol. The first-order valence-electron chi connectivity index (χ1n) is 6.30. The lowest BCUT2D eigenvalue weighted by Gasteiger charge is -2.21. The normalized spacial score (nSPS) is 22.2. The van der Waals surface area contributed by atoms with E-state index in [1.54, 1.807) is 11.3 Å². The summed E-state index contributed by atoms with van der Waals surface area (Å²) in [6, 6.07) is 0.342. The topological polar surface area (TPSA) is 36.4 Å². The van der Waals surface area contributed by atoms with Gasteiger partial charge in [-0.05, 0) is 19.4 Å². The maximum Gasteiger partial charge on any atom is 0.0982 e. The second kappa shape index (κ2) is 5.04. The monoisotopic (exact) mass is 254 g/mol. The maximum absolute atomic E-state index is 9.29. The first kappa shape index (κ1) is 13.0. The lowest BCUT2D eigenvalue weighted by molar-refractivity contribution is 0.152. The molecule has 0 unspecified atom stereocenters. The molecule has 17 heavy (non-hydrogen) atoms. The number of hydrogen-bond donors (Lipinski definition) is 1. The van der Waals surface area contributed by atoms with Crippen LogP contribution < -0.4 is 0 Å². The number of aliphatic hydroxyl groups is 1. The third kappa shape index (κ3) is 3.06. The Kier molecular flexibility index (Phi) is 3.85. The number of aliphatic hydroxyl groups excluding tert-OH is 1. The highest BCUT2D eigenvalue weighted by Crippen LogP contribution is 2.27. The number of hydrogen-bond acceptors (Lipinski definition) is 4. The molecule has 1 atom stereocenters. The molecule has 0 bridgehead atoms. The fourth-order valence-corrected chi connectivity index (χ4v) is 3.14. The Morgan fingerprint density at radius 3 is 2.88 bits per heavy atom. The van der Waals surface area contributed by atoms with Gasteiger partial charge in [0.2, 0.25) is 0 Å². The molecule has 0 saturated carbocycles. The molecule has 0 aliphatic carbocycles. The summed E-state index contributed by atoms with van der Waals surface area (Å²) in [4.78, 5) is 7.06. The molecule has 0 radical (unpaired) electrons. The fourth-order valence-electron chi connectivity index (χ4n) is 2.24. The van der Waals surface area contributed by atoms with Crippen LogP contribution in [0.2, 0.25) is 0 Å². The third-order valence-electron chi connectivity index (χ3n) is 3.27. The van der Waals surface area contributed by atoms with E-state index in [2.05, 4.69) is 31.1 Å². The number of rotatable bonds is 3. The number of thiazole rings is 1. The van der Waals surface area contributed by atoms with Gasteiger partial charge in [0.1, 0.15) is 0 Å². The molecule has 0 spiro atoms. The molecule has 0 aromatic carbocycles. The zero-order valence-electron chi connectivity index (χ0n) is 10.9. The summed E-state index contributed by atoms with van der Waals surface area (Å²) in [6.07, 6.45) is 2.31. The molecule has 96 valence electrons. The third-order valence-corrected chi connectivity index (χ3v) is 4.59. The van der Waals surface area contributed by atoms with Gasteiger partial charge in [0, 0.05) is 23.4 Å². The van der Waals surface area contributed by atoms with E-state index < -0.39 is 0 Å². The summed E-state index contributed by atoms with van der Waals surface area (Å²) in [5.74, 6) is 0. The van der Waals surface area contributed by atoms with E-state index in [1.807, 2.05) is 0 Å². The summed E-state index contributed by atoms with van der Waals surface area (Å²) in [5.41, 5.74) is 1.30. The van der Waals surface area contributed by atoms with Gasteiger partial charge in [0.05, 0.1) is 17.3 Å². The summed E-state index contributed by atoms with van der Waals surface area (Å²) in [7, 11) is 0. The zero-order chi connectivity index (χ0) is 12.5. The van der Waals surface area contributed by atoms with E-state index in [0.29, 0.717) is 6.04 Å². The fraction of sp³-hybridized carbons (Fsp3) is 0.769. The molecule has 1 aliphatic rings. The lowest BCUT2D eigenvalue weighted by atomic mass is 9.98. The van der Waals surface area contributed by atoms with Gasteiger partial charge in [-0.15, -0.1) is 11.3 Å². The minimum atomic E-state index is 0.143. The van der Waals surface area contributed by atoms with Gasteiger partial charge in [-0.2, -0.15) is 0 Å². The van der Waals surface area contributed by atoms with E-state index in [1.165, 1.54) is 11.4 Å². The molecule has 2 heterocycles. The largest absolute Gasteiger partial charge is 0.395 e. The molecule has 1 N–H and O–H groups in total. The van der Waals surface area contributed by atoms with E-state index in [9.17, 15) is 5.11 Å². The van der Waals surface area contributed by atoms with E-state index >= 15 is 0 Å². The van der Waals surface area contributed by atoms with Crippen molar-refractivity contribution in [3.8, 4) is 0 Å². The van der Waals surface area contributed by atoms with Crippen molar-refractivity contribution in [3.05, 3.63) is 16.1 Å². The van der Waals surface area contributed by atoms with Crippen molar-refractivity contribution in [2.45, 2.75) is 51.6 Å². The highest BCUT2D eigenvalue weighted by Gasteiger charge is 2.25. The summed E-state index contributed by atoms with van der Waals surface area (Å²) in [6.45, 7) is 8.84. The minimum absolute atomic E-state index is 0.143. The Balaban J connectivity index is 2.02. The van der Waals surface area contributed by atoms with Crippen LogP contribution in [0.1, 0.15) is 44.3 Å². The first-order valence-corrected chi connectivity index (χ1v) is 7.18. The Bertz CT molecular complexity index is 370. The van der Waals surface area contributed by atoms with Gasteiger partial charge >= 0.3 is 0 Å². The van der Waals surface area contributed by atoms with Crippen molar-refractivity contribution in [1.29, 1.82) is 0 Å². The SMILES string of the molecule is CC(C)(C)c1nc(CN2CCC[C@H]2CO)cs1. The molecule has 1 saturated heterocycles. The molecule has 1 fully saturated rings. The number of aromatic nitrogens is 1. The van der Waals surface area contributed by atoms with Crippen molar-refractivity contribution in [1.82, 2.24) is 9.88 Å². The predicted molar refractivity (Wildman–Crippen MR) is 71.3 cm³/mol. The lowest BCUT2D eigenvalue weighted by Crippen LogP contribution is -2.31. The molecular weight excluding hydrogens is 232 g/mol. The number of nitrogens with zero attached hydrogens (tertiary/aromatic N) is 2. The molecular formula is C13H22N2OS. The van der Waals surface area contributed by atoms with Crippen LogP contribution in [0.3, 0.4) is 0 Å². The van der Waals surface area contributed by atoms with Crippen LogP contribution in [0.5, 0.6) is 0 Å². The van der Waals surface area contributed by atoms with Crippen molar-refractivity contribution >= 4 is 11.3 Å². The molecule has 4 heteroatoms. The van der Waals surface area contributed by atoms with Gasteiger partial charge in [-0.3, -0.25) is 4.90 Å². The van der Waals surface area contributed by atoms with Crippen LogP contribution in [-0.2, 0) is 12.0 Å². The van der Waals surface area contributed by atoms with Crippen molar-refractivity contribution in [2.75, 3.05) is 13.2 Å². The van der Waals surface area contributed by atoms with Gasteiger partial charge < -0.3 is 5.11 Å². The molecule has 1 aromatic heterocycles. The van der Waals surface area contributed by atoms with Crippen LogP contribution in [0, 0.1) is 0 Å². The first-order chi connectivity index (χ1) is 8.00. The van der Waals surface area contributed by atoms with E-state index in [4.69, 9.17) is 4.98 Å². The molecule has 1 aliphatic heterocycles. The standard InChI is InChI=1S/C13H22N2OS/c1-13(2,3)12-14-10(9-17-12)7-15-6-4-5-11(15)8-16/h9,11,16H,4-8H2,1-3H3/t11-/m0/s1. The van der Waals surface area contributed by atoms with Gasteiger partial charge in [-0.1, -0.05) is 20.8 Å². The molecule has 0 amide bonds. The predicted octanol–water partition coefficient (Wildman–Crippen LogP) is 2.40. The van der Waals surface area contributed by atoms with Crippen molar-refractivity contribution < 1.29 is 5.11 Å². The summed E-state index contributed by atoms with van der Waals surface area (Å²) >= 11 is 1.75. The van der Waals surface area contributed by atoms with Gasteiger partial charge in [0.25, 0.3) is 0 Å². The highest BCUT2D eigenvalue weighted by atomic mass is 32.1. The Morgan fingerprint density at radius 2 is 2.29 bits per heavy atom. The Hall–Kier alpha value is -0.450. The summed E-state index contributed by atoms with van der Waals surface area (Å²) < 4.78 is 0. The molecule has 1 aromatic rings. The maximum atomic E-state index is 9.29. The van der Waals surface area contributed by atoms with Crippen LogP contribution in [0.25, 0.3) is 0 Å². The second-order valence-corrected chi connectivity index (χ2v) is 6.70. The Morgan fingerprint density at radius 1 is 1.53 bits per heavy atom. The van der Waals surface area contributed by atoms with E-state index in [-0.39, 0.29) is 12.0 Å². The number of likely N-dealkylation sites (tertiary alicyclic amines) is 1. The minimum Gasteiger partial charge on any atom is -0.395 e. The highest BCUT2D eigenvalue weighted by molar-refractivity contribution is 7.09. The average Bonchev–Trinajstić information content (AvgIpc) is 2.86. The Labute approximate surface area is 107 Å². The van der Waals surface area contributed by atoms with Crippen molar-refractivity contribution in [2.24, 2.45) is 0 Å². The van der Waals surface area contributed by atoms with Gasteiger partial charge in [-0.25, -0.2) is 4.98 Å². The van der Waals surface area contributed by atoms with Crippen LogP contribution in [0.15, 0.2) is 5.38 Å². The van der Waals surface area contributed by atoms with E-state index in [0.717, 1.165) is 25.2 Å². The van der Waals surface area contributed by atoms with Crippen LogP contribution >= 0.6 is 11.3 Å².